The second kappa shape index (κ2) is 7.92. The van der Waals surface area contributed by atoms with E-state index in [1.165, 1.54) is 12.0 Å². The molecule has 0 radical (unpaired) electrons. The van der Waals surface area contributed by atoms with Gasteiger partial charge in [-0.25, -0.2) is 0 Å². The number of amides is 1. The van der Waals surface area contributed by atoms with Crippen LogP contribution in [0.4, 0.5) is 0 Å². The Morgan fingerprint density at radius 3 is 2.71 bits per heavy atom. The number of aliphatic hydroxyl groups excluding tert-OH is 1. The zero-order chi connectivity index (χ0) is 15.2. The molecule has 2 rings (SSSR count). The topological polar surface area (TPSA) is 43.8 Å². The molecule has 2 atom stereocenters. The van der Waals surface area contributed by atoms with Crippen LogP contribution in [-0.2, 0) is 11.3 Å². The molecule has 1 aromatic heterocycles. The minimum absolute atomic E-state index is 0.0875. The van der Waals surface area contributed by atoms with E-state index in [0.717, 1.165) is 19.6 Å². The Hall–Kier alpha value is -0.910. The van der Waals surface area contributed by atoms with Crippen LogP contribution >= 0.6 is 11.3 Å². The molecule has 1 amide bonds. The summed E-state index contributed by atoms with van der Waals surface area (Å²) in [5.41, 5.74) is 1.21. The van der Waals surface area contributed by atoms with Gasteiger partial charge in [-0.05, 0) is 40.6 Å². The number of nitrogens with zero attached hydrogens (tertiary/aromatic N) is 2. The van der Waals surface area contributed by atoms with Gasteiger partial charge in [-0.2, -0.15) is 11.3 Å². The molecule has 1 aromatic rings. The van der Waals surface area contributed by atoms with E-state index >= 15 is 0 Å². The Bertz CT molecular complexity index is 425. The predicted octanol–water partition coefficient (Wildman–Crippen LogP) is 2.05. The molecule has 2 heterocycles. The first-order valence-corrected chi connectivity index (χ1v) is 8.64. The third-order valence-corrected chi connectivity index (χ3v) is 4.71. The van der Waals surface area contributed by atoms with Gasteiger partial charge in [0.05, 0.1) is 13.2 Å². The Balaban J connectivity index is 1.91. The molecule has 1 saturated heterocycles. The maximum Gasteiger partial charge on any atom is 0.236 e. The lowest BCUT2D eigenvalue weighted by Crippen LogP contribution is -2.47. The lowest BCUT2D eigenvalue weighted by molar-refractivity contribution is -0.135. The van der Waals surface area contributed by atoms with Crippen LogP contribution in [0.25, 0.3) is 0 Å². The molecule has 0 aromatic carbocycles. The van der Waals surface area contributed by atoms with Gasteiger partial charge in [0.15, 0.2) is 0 Å². The van der Waals surface area contributed by atoms with Crippen molar-refractivity contribution in [1.82, 2.24) is 9.80 Å². The van der Waals surface area contributed by atoms with E-state index in [1.807, 2.05) is 15.2 Å². The third kappa shape index (κ3) is 5.09. The van der Waals surface area contributed by atoms with Crippen molar-refractivity contribution in [3.63, 3.8) is 0 Å². The molecule has 1 fully saturated rings. The summed E-state index contributed by atoms with van der Waals surface area (Å²) in [5.74, 6) is 1.36. The number of rotatable bonds is 6. The molecule has 1 N–H and O–H groups in total. The Morgan fingerprint density at radius 1 is 1.43 bits per heavy atom. The molecule has 21 heavy (non-hydrogen) atoms. The fourth-order valence-electron chi connectivity index (χ4n) is 3.15. The van der Waals surface area contributed by atoms with Crippen molar-refractivity contribution in [2.24, 2.45) is 11.8 Å². The number of hydrogen-bond donors (Lipinski definition) is 1. The zero-order valence-electron chi connectivity index (χ0n) is 13.0. The van der Waals surface area contributed by atoms with Crippen LogP contribution in [-0.4, -0.2) is 53.6 Å². The molecule has 0 bridgehead atoms. The average molecular weight is 310 g/mol. The monoisotopic (exact) mass is 310 g/mol. The summed E-state index contributed by atoms with van der Waals surface area (Å²) in [6.07, 6.45) is 1.21. The van der Waals surface area contributed by atoms with Crippen LogP contribution in [0.15, 0.2) is 16.8 Å². The van der Waals surface area contributed by atoms with Gasteiger partial charge in [-0.1, -0.05) is 13.8 Å². The number of carbonyl (C=O) groups is 1. The average Bonchev–Trinajstić information content (AvgIpc) is 2.90. The van der Waals surface area contributed by atoms with Gasteiger partial charge in [0, 0.05) is 26.2 Å². The van der Waals surface area contributed by atoms with Gasteiger partial charge < -0.3 is 10.0 Å². The summed E-state index contributed by atoms with van der Waals surface area (Å²) < 4.78 is 0. The number of likely N-dealkylation sites (tertiary alicyclic amines) is 1. The highest BCUT2D eigenvalue weighted by molar-refractivity contribution is 7.07. The van der Waals surface area contributed by atoms with Gasteiger partial charge in [-0.3, -0.25) is 9.69 Å². The van der Waals surface area contributed by atoms with Crippen molar-refractivity contribution in [2.45, 2.75) is 26.8 Å². The Kier molecular flexibility index (Phi) is 6.21. The second-order valence-electron chi connectivity index (χ2n) is 6.31. The summed E-state index contributed by atoms with van der Waals surface area (Å²) in [5, 5.41) is 13.3. The van der Waals surface area contributed by atoms with Crippen molar-refractivity contribution in [2.75, 3.05) is 32.8 Å². The van der Waals surface area contributed by atoms with E-state index in [9.17, 15) is 9.90 Å². The molecule has 0 spiro atoms. The van der Waals surface area contributed by atoms with Crippen molar-refractivity contribution in [3.8, 4) is 0 Å². The van der Waals surface area contributed by atoms with E-state index in [1.54, 1.807) is 11.3 Å². The highest BCUT2D eigenvalue weighted by atomic mass is 32.1. The highest BCUT2D eigenvalue weighted by Gasteiger charge is 2.26. The Labute approximate surface area is 131 Å². The molecule has 0 aliphatic carbocycles. The first kappa shape index (κ1) is 16.5. The minimum Gasteiger partial charge on any atom is -0.395 e. The van der Waals surface area contributed by atoms with Crippen molar-refractivity contribution in [3.05, 3.63) is 22.4 Å². The van der Waals surface area contributed by atoms with Gasteiger partial charge in [0.2, 0.25) is 5.91 Å². The molecule has 4 nitrogen and oxygen atoms in total. The van der Waals surface area contributed by atoms with Gasteiger partial charge in [0.1, 0.15) is 0 Å². The summed E-state index contributed by atoms with van der Waals surface area (Å²) in [7, 11) is 0. The largest absolute Gasteiger partial charge is 0.395 e. The number of aliphatic hydroxyl groups is 1. The molecule has 0 saturated carbocycles. The normalized spacial score (nSPS) is 22.8. The van der Waals surface area contributed by atoms with Crippen LogP contribution in [0.2, 0.25) is 0 Å². The van der Waals surface area contributed by atoms with Crippen LogP contribution in [0, 0.1) is 11.8 Å². The molecular weight excluding hydrogens is 284 g/mol. The summed E-state index contributed by atoms with van der Waals surface area (Å²) in [6, 6.07) is 2.07. The highest BCUT2D eigenvalue weighted by Crippen LogP contribution is 2.21. The molecule has 118 valence electrons. The smallest absolute Gasteiger partial charge is 0.236 e. The molecule has 1 aliphatic heterocycles. The van der Waals surface area contributed by atoms with Gasteiger partial charge >= 0.3 is 0 Å². The first-order chi connectivity index (χ1) is 10.1. The number of piperidine rings is 1. The standard InChI is InChI=1S/C16H26N2O2S/c1-13-7-14(2)9-18(8-13)16(20)11-17(4-5-19)10-15-3-6-21-12-15/h3,6,12-14,19H,4-5,7-11H2,1-2H3/t13-,14-/m1/s1. The van der Waals surface area contributed by atoms with Crippen molar-refractivity contribution < 1.29 is 9.90 Å². The summed E-state index contributed by atoms with van der Waals surface area (Å²) in [6.45, 7) is 7.93. The fraction of sp³-hybridized carbons (Fsp3) is 0.688. The molecular formula is C16H26N2O2S. The minimum atomic E-state index is 0.0875. The first-order valence-electron chi connectivity index (χ1n) is 7.70. The van der Waals surface area contributed by atoms with Crippen LogP contribution < -0.4 is 0 Å². The quantitative estimate of drug-likeness (QED) is 0.874. The summed E-state index contributed by atoms with van der Waals surface area (Å²) >= 11 is 1.66. The molecule has 0 unspecified atom stereocenters. The number of carbonyl (C=O) groups excluding carboxylic acids is 1. The van der Waals surface area contributed by atoms with Gasteiger partial charge in [-0.15, -0.1) is 0 Å². The molecule has 5 heteroatoms. The molecule has 1 aliphatic rings. The maximum atomic E-state index is 12.5. The van der Waals surface area contributed by atoms with Crippen LogP contribution in [0.5, 0.6) is 0 Å². The zero-order valence-corrected chi connectivity index (χ0v) is 13.8. The Morgan fingerprint density at radius 2 is 2.14 bits per heavy atom. The van der Waals surface area contributed by atoms with Crippen LogP contribution in [0.3, 0.4) is 0 Å². The van der Waals surface area contributed by atoms with E-state index < -0.39 is 0 Å². The van der Waals surface area contributed by atoms with Crippen LogP contribution in [0.1, 0.15) is 25.8 Å². The maximum absolute atomic E-state index is 12.5. The third-order valence-electron chi connectivity index (χ3n) is 3.98. The van der Waals surface area contributed by atoms with Crippen molar-refractivity contribution >= 4 is 17.2 Å². The van der Waals surface area contributed by atoms with E-state index in [2.05, 4.69) is 25.3 Å². The number of thiophene rings is 1. The second-order valence-corrected chi connectivity index (χ2v) is 7.09. The lowest BCUT2D eigenvalue weighted by Gasteiger charge is -2.36. The van der Waals surface area contributed by atoms with E-state index in [0.29, 0.717) is 24.9 Å². The SMILES string of the molecule is C[C@@H]1C[C@@H](C)CN(C(=O)CN(CCO)Cc2ccsc2)C1. The van der Waals surface area contributed by atoms with Crippen molar-refractivity contribution in [1.29, 1.82) is 0 Å². The summed E-state index contributed by atoms with van der Waals surface area (Å²) in [4.78, 5) is 16.5. The lowest BCUT2D eigenvalue weighted by atomic mass is 9.92. The number of hydrogen-bond acceptors (Lipinski definition) is 4. The van der Waals surface area contributed by atoms with Gasteiger partial charge in [0.25, 0.3) is 0 Å². The van der Waals surface area contributed by atoms with E-state index in [4.69, 9.17) is 0 Å². The fourth-order valence-corrected chi connectivity index (χ4v) is 3.81. The predicted molar refractivity (Wildman–Crippen MR) is 86.2 cm³/mol. The van der Waals surface area contributed by atoms with E-state index in [-0.39, 0.29) is 12.5 Å².